The van der Waals surface area contributed by atoms with Gasteiger partial charge in [-0.25, -0.2) is 4.98 Å². The lowest BCUT2D eigenvalue weighted by atomic mass is 9.49. The number of carbonyl (C=O) groups excluding carboxylic acids is 2. The Kier molecular flexibility index (Phi) is 3.86. The van der Waals surface area contributed by atoms with E-state index in [0.29, 0.717) is 5.01 Å². The maximum atomic E-state index is 13.4. The highest BCUT2D eigenvalue weighted by atomic mass is 79.9. The van der Waals surface area contributed by atoms with Crippen molar-refractivity contribution in [2.24, 2.45) is 40.1 Å². The number of thiazole rings is 1. The third kappa shape index (κ3) is 1.92. The largest absolute Gasteiger partial charge is 0.369 e. The third-order valence-electron chi connectivity index (χ3n) is 8.28. The van der Waals surface area contributed by atoms with Gasteiger partial charge in [0, 0.05) is 0 Å². The number of nitrogens with two attached hydrogens (primary N) is 2. The molecule has 1 aromatic heterocycles. The number of piperidine rings is 1. The Morgan fingerprint density at radius 3 is 2.30 bits per heavy atom. The van der Waals surface area contributed by atoms with Gasteiger partial charge < -0.3 is 16.8 Å². The number of primary amides is 2. The van der Waals surface area contributed by atoms with E-state index in [1.165, 1.54) is 11.3 Å². The van der Waals surface area contributed by atoms with E-state index in [2.05, 4.69) is 26.2 Å². The van der Waals surface area contributed by atoms with Gasteiger partial charge in [-0.05, 0) is 90.7 Å². The first-order chi connectivity index (χ1) is 12.9. The summed E-state index contributed by atoms with van der Waals surface area (Å²) in [5.41, 5.74) is 10.5. The third-order valence-corrected chi connectivity index (χ3v) is 9.89. The number of aromatic nitrogens is 1. The van der Waals surface area contributed by atoms with Crippen LogP contribution in [0.1, 0.15) is 43.5 Å². The Morgan fingerprint density at radius 1 is 1.11 bits per heavy atom. The Hall–Kier alpha value is -0.990. The predicted molar refractivity (Wildman–Crippen MR) is 106 cm³/mol. The van der Waals surface area contributed by atoms with E-state index in [-0.39, 0.29) is 29.1 Å². The molecule has 2 bridgehead atoms. The summed E-state index contributed by atoms with van der Waals surface area (Å²) in [4.78, 5) is 31.4. The zero-order chi connectivity index (χ0) is 19.0. The quantitative estimate of drug-likeness (QED) is 0.647. The van der Waals surface area contributed by atoms with E-state index in [9.17, 15) is 9.59 Å². The second kappa shape index (κ2) is 5.76. The SMILES string of the molecule is NC(=O)[C@]1(C2CCNCC2)[C@@H]2CC[C@@H](C23CC3)[C@@]1(C(N)=O)c1ncc(Br)s1. The first-order valence-corrected chi connectivity index (χ1v) is 11.5. The van der Waals surface area contributed by atoms with Crippen LogP contribution < -0.4 is 16.8 Å². The molecule has 2 heterocycles. The lowest BCUT2D eigenvalue weighted by Gasteiger charge is -2.53. The molecule has 0 aromatic carbocycles. The van der Waals surface area contributed by atoms with Crippen molar-refractivity contribution in [2.45, 2.75) is 43.9 Å². The lowest BCUT2D eigenvalue weighted by molar-refractivity contribution is -0.154. The van der Waals surface area contributed by atoms with Crippen LogP contribution in [0.25, 0.3) is 0 Å². The van der Waals surface area contributed by atoms with Gasteiger partial charge in [0.1, 0.15) is 10.4 Å². The van der Waals surface area contributed by atoms with Crippen molar-refractivity contribution in [3.63, 3.8) is 0 Å². The summed E-state index contributed by atoms with van der Waals surface area (Å²) in [5.74, 6) is -0.448. The summed E-state index contributed by atoms with van der Waals surface area (Å²) in [6.07, 6.45) is 7.48. The van der Waals surface area contributed by atoms with Crippen molar-refractivity contribution < 1.29 is 9.59 Å². The highest BCUT2D eigenvalue weighted by Gasteiger charge is 2.86. The zero-order valence-corrected chi connectivity index (χ0v) is 17.6. The molecule has 3 aliphatic carbocycles. The fourth-order valence-corrected chi connectivity index (χ4v) is 9.11. The monoisotopic (exact) mass is 452 g/mol. The van der Waals surface area contributed by atoms with Gasteiger partial charge in [0.05, 0.1) is 15.4 Å². The zero-order valence-electron chi connectivity index (χ0n) is 15.2. The van der Waals surface area contributed by atoms with Gasteiger partial charge in [-0.1, -0.05) is 0 Å². The van der Waals surface area contributed by atoms with Gasteiger partial charge in [-0.2, -0.15) is 0 Å². The van der Waals surface area contributed by atoms with E-state index in [0.717, 1.165) is 55.4 Å². The molecule has 3 saturated carbocycles. The van der Waals surface area contributed by atoms with Crippen molar-refractivity contribution in [3.05, 3.63) is 15.0 Å². The Bertz CT molecular complexity index is 818. The smallest absolute Gasteiger partial charge is 0.231 e. The molecular weight excluding hydrogens is 428 g/mol. The normalized spacial score (nSPS) is 39.7. The van der Waals surface area contributed by atoms with Crippen LogP contribution in [-0.4, -0.2) is 29.9 Å². The molecule has 1 saturated heterocycles. The molecule has 27 heavy (non-hydrogen) atoms. The van der Waals surface area contributed by atoms with Crippen molar-refractivity contribution in [2.75, 3.05) is 13.1 Å². The number of nitrogens with zero attached hydrogens (tertiary/aromatic N) is 1. The number of amides is 2. The van der Waals surface area contributed by atoms with Crippen LogP contribution in [0, 0.1) is 28.6 Å². The molecule has 1 aliphatic heterocycles. The number of hydrogen-bond donors (Lipinski definition) is 3. The highest BCUT2D eigenvalue weighted by Crippen LogP contribution is 2.84. The van der Waals surface area contributed by atoms with Crippen LogP contribution in [0.3, 0.4) is 0 Å². The number of hydrogen-bond acceptors (Lipinski definition) is 5. The van der Waals surface area contributed by atoms with Crippen molar-refractivity contribution in [3.8, 4) is 0 Å². The van der Waals surface area contributed by atoms with Gasteiger partial charge in [-0.15, -0.1) is 11.3 Å². The molecule has 5 N–H and O–H groups in total. The summed E-state index contributed by atoms with van der Waals surface area (Å²) >= 11 is 4.94. The Balaban J connectivity index is 1.82. The van der Waals surface area contributed by atoms with Gasteiger partial charge in [-0.3, -0.25) is 9.59 Å². The van der Waals surface area contributed by atoms with E-state index < -0.39 is 16.7 Å². The van der Waals surface area contributed by atoms with Crippen LogP contribution in [0.4, 0.5) is 0 Å². The molecule has 5 rings (SSSR count). The molecule has 4 atom stereocenters. The topological polar surface area (TPSA) is 111 Å². The molecule has 1 aromatic rings. The minimum absolute atomic E-state index is 0.0487. The van der Waals surface area contributed by atoms with E-state index in [1.54, 1.807) is 6.20 Å². The van der Waals surface area contributed by atoms with Crippen LogP contribution in [-0.2, 0) is 15.0 Å². The summed E-state index contributed by atoms with van der Waals surface area (Å²) in [5, 5.41) is 4.08. The van der Waals surface area contributed by atoms with E-state index in [4.69, 9.17) is 11.5 Å². The standard InChI is InChI=1S/C19H25BrN4O2S/c20-13-9-24-16(27-13)19(15(22)26)12-2-1-11(17(12)5-6-17)18(19,14(21)25)10-3-7-23-8-4-10/h9-12,23H,1-8H2,(H2,21,25)(H2,22,26)/t11-,12+,18+,19-/m1/s1. The maximum absolute atomic E-state index is 13.4. The van der Waals surface area contributed by atoms with Gasteiger partial charge in [0.2, 0.25) is 11.8 Å². The molecule has 4 aliphatic rings. The maximum Gasteiger partial charge on any atom is 0.231 e. The van der Waals surface area contributed by atoms with Gasteiger partial charge in [0.25, 0.3) is 0 Å². The molecule has 146 valence electrons. The summed E-state index contributed by atoms with van der Waals surface area (Å²) in [7, 11) is 0. The van der Waals surface area contributed by atoms with Crippen LogP contribution in [0.15, 0.2) is 9.98 Å². The Labute approximate surface area is 171 Å². The number of rotatable bonds is 4. The first-order valence-electron chi connectivity index (χ1n) is 9.84. The average Bonchev–Trinajstić information content (AvgIpc) is 3.12. The number of halogens is 1. The molecule has 4 fully saturated rings. The number of carbonyl (C=O) groups is 2. The summed E-state index contributed by atoms with van der Waals surface area (Å²) in [6.45, 7) is 1.70. The number of nitrogens with one attached hydrogen (secondary N) is 1. The fourth-order valence-electron chi connectivity index (χ4n) is 7.58. The predicted octanol–water partition coefficient (Wildman–Crippen LogP) is 1.92. The lowest BCUT2D eigenvalue weighted by Crippen LogP contribution is -2.66. The van der Waals surface area contributed by atoms with Crippen molar-refractivity contribution >= 4 is 39.1 Å². The Morgan fingerprint density at radius 2 is 1.78 bits per heavy atom. The highest BCUT2D eigenvalue weighted by molar-refractivity contribution is 9.11. The second-order valence-electron chi connectivity index (χ2n) is 8.82. The van der Waals surface area contributed by atoms with Crippen LogP contribution in [0.2, 0.25) is 0 Å². The minimum atomic E-state index is -1.07. The molecule has 6 nitrogen and oxygen atoms in total. The van der Waals surface area contributed by atoms with E-state index in [1.807, 2.05) is 0 Å². The first kappa shape index (κ1) is 18.1. The van der Waals surface area contributed by atoms with Gasteiger partial charge in [0.15, 0.2) is 0 Å². The molecule has 2 amide bonds. The average molecular weight is 453 g/mol. The van der Waals surface area contributed by atoms with Crippen LogP contribution in [0.5, 0.6) is 0 Å². The second-order valence-corrected chi connectivity index (χ2v) is 11.2. The van der Waals surface area contributed by atoms with E-state index >= 15 is 0 Å². The van der Waals surface area contributed by atoms with Crippen LogP contribution >= 0.6 is 27.3 Å². The van der Waals surface area contributed by atoms with Crippen molar-refractivity contribution in [1.82, 2.24) is 10.3 Å². The molecule has 0 radical (unpaired) electrons. The molecular formula is C19H25BrN4O2S. The van der Waals surface area contributed by atoms with Gasteiger partial charge >= 0.3 is 0 Å². The van der Waals surface area contributed by atoms with Crippen molar-refractivity contribution in [1.29, 1.82) is 0 Å². The summed E-state index contributed by atoms with van der Waals surface area (Å²) < 4.78 is 0.856. The fraction of sp³-hybridized carbons (Fsp3) is 0.737. The molecule has 1 spiro atoms. The molecule has 8 heteroatoms. The minimum Gasteiger partial charge on any atom is -0.369 e. The summed E-state index contributed by atoms with van der Waals surface area (Å²) in [6, 6.07) is 0. The molecule has 0 unspecified atom stereocenters.